The number of furan rings is 2. The maximum atomic E-state index is 13.7. The molecule has 5 aromatic rings. The van der Waals surface area contributed by atoms with E-state index < -0.39 is 0 Å². The van der Waals surface area contributed by atoms with Gasteiger partial charge in [-0.25, -0.2) is 4.98 Å². The summed E-state index contributed by atoms with van der Waals surface area (Å²) in [4.78, 5) is 20.0. The molecule has 0 N–H and O–H groups in total. The molecule has 0 aliphatic carbocycles. The standard InChI is InChI=1S/C25H22N2O5S/c1-4-30-19-9-5-7-16-13-20(32-22(16)19)24(28)27(14-17-8-6-12-31-17)25-26-21-18(29-3)11-10-15(2)23(21)33-25/h5-13H,4,14H2,1-3H3. The summed E-state index contributed by atoms with van der Waals surface area (Å²) in [6, 6.07) is 14.8. The first-order valence-corrected chi connectivity index (χ1v) is 11.3. The molecular formula is C25H22N2O5S. The lowest BCUT2D eigenvalue weighted by Crippen LogP contribution is -2.29. The molecule has 0 unspecified atom stereocenters. The molecule has 0 aliphatic rings. The number of thiazole rings is 1. The molecule has 33 heavy (non-hydrogen) atoms. The van der Waals surface area contributed by atoms with Gasteiger partial charge in [-0.2, -0.15) is 0 Å². The second kappa shape index (κ2) is 8.63. The van der Waals surface area contributed by atoms with Gasteiger partial charge in [0, 0.05) is 5.39 Å². The Labute approximate surface area is 194 Å². The highest BCUT2D eigenvalue weighted by atomic mass is 32.1. The fraction of sp³-hybridized carbons (Fsp3) is 0.200. The van der Waals surface area contributed by atoms with Crippen LogP contribution in [0.1, 0.15) is 28.8 Å². The average Bonchev–Trinajstić information content (AvgIpc) is 3.57. The van der Waals surface area contributed by atoms with Gasteiger partial charge in [0.25, 0.3) is 5.91 Å². The number of rotatable bonds is 7. The quantitative estimate of drug-likeness (QED) is 0.287. The van der Waals surface area contributed by atoms with E-state index in [1.54, 1.807) is 30.4 Å². The van der Waals surface area contributed by atoms with Crippen molar-refractivity contribution in [2.45, 2.75) is 20.4 Å². The molecule has 0 atom stereocenters. The Morgan fingerprint density at radius 2 is 2.03 bits per heavy atom. The molecule has 0 radical (unpaired) electrons. The highest BCUT2D eigenvalue weighted by Gasteiger charge is 2.27. The van der Waals surface area contributed by atoms with Gasteiger partial charge in [-0.05, 0) is 49.7 Å². The van der Waals surface area contributed by atoms with E-state index >= 15 is 0 Å². The van der Waals surface area contributed by atoms with Crippen LogP contribution in [0.25, 0.3) is 21.2 Å². The van der Waals surface area contributed by atoms with E-state index in [-0.39, 0.29) is 18.2 Å². The van der Waals surface area contributed by atoms with E-state index in [1.165, 1.54) is 11.3 Å². The Hall–Kier alpha value is -3.78. The van der Waals surface area contributed by atoms with E-state index in [2.05, 4.69) is 0 Å². The van der Waals surface area contributed by atoms with Crippen molar-refractivity contribution in [3.63, 3.8) is 0 Å². The fourth-order valence-corrected chi connectivity index (χ4v) is 4.76. The third-order valence-corrected chi connectivity index (χ3v) is 6.51. The van der Waals surface area contributed by atoms with Gasteiger partial charge in [-0.1, -0.05) is 29.5 Å². The number of carbonyl (C=O) groups is 1. The van der Waals surface area contributed by atoms with Gasteiger partial charge in [0.2, 0.25) is 0 Å². The van der Waals surface area contributed by atoms with Crippen LogP contribution in [0.3, 0.4) is 0 Å². The number of anilines is 1. The first kappa shape index (κ1) is 21.1. The number of amides is 1. The van der Waals surface area contributed by atoms with Crippen molar-refractivity contribution < 1.29 is 23.1 Å². The minimum absolute atomic E-state index is 0.201. The molecule has 0 aliphatic heterocycles. The smallest absolute Gasteiger partial charge is 0.296 e. The highest BCUT2D eigenvalue weighted by molar-refractivity contribution is 7.22. The zero-order chi connectivity index (χ0) is 22.9. The van der Waals surface area contributed by atoms with Gasteiger partial charge in [0.05, 0.1) is 31.2 Å². The molecule has 168 valence electrons. The molecule has 0 bridgehead atoms. The molecule has 0 saturated heterocycles. The van der Waals surface area contributed by atoms with Gasteiger partial charge in [0.1, 0.15) is 17.0 Å². The van der Waals surface area contributed by atoms with Crippen LogP contribution in [0.15, 0.2) is 63.6 Å². The number of benzene rings is 2. The third kappa shape index (κ3) is 3.82. The van der Waals surface area contributed by atoms with E-state index in [0.717, 1.165) is 21.2 Å². The second-order valence-electron chi connectivity index (χ2n) is 7.45. The number of hydrogen-bond acceptors (Lipinski definition) is 7. The number of para-hydroxylation sites is 1. The number of methoxy groups -OCH3 is 1. The van der Waals surface area contributed by atoms with Crippen molar-refractivity contribution in [1.29, 1.82) is 0 Å². The SMILES string of the molecule is CCOc1cccc2cc(C(=O)N(Cc3ccco3)c3nc4c(OC)ccc(C)c4s3)oc12. The summed E-state index contributed by atoms with van der Waals surface area (Å²) in [5, 5.41) is 1.33. The Kier molecular flexibility index (Phi) is 5.51. The molecular weight excluding hydrogens is 440 g/mol. The van der Waals surface area contributed by atoms with Gasteiger partial charge >= 0.3 is 0 Å². The van der Waals surface area contributed by atoms with Gasteiger partial charge in [-0.3, -0.25) is 9.69 Å². The minimum atomic E-state index is -0.319. The summed E-state index contributed by atoms with van der Waals surface area (Å²) < 4.78 is 23.6. The van der Waals surface area contributed by atoms with Crippen LogP contribution in [0, 0.1) is 6.92 Å². The van der Waals surface area contributed by atoms with E-state index in [0.29, 0.717) is 34.6 Å². The van der Waals surface area contributed by atoms with E-state index in [4.69, 9.17) is 23.3 Å². The van der Waals surface area contributed by atoms with Crippen LogP contribution < -0.4 is 14.4 Å². The summed E-state index contributed by atoms with van der Waals surface area (Å²) in [6.45, 7) is 4.63. The normalized spacial score (nSPS) is 11.2. The Morgan fingerprint density at radius 3 is 2.79 bits per heavy atom. The monoisotopic (exact) mass is 462 g/mol. The number of fused-ring (bicyclic) bond motifs is 2. The largest absolute Gasteiger partial charge is 0.494 e. The lowest BCUT2D eigenvalue weighted by atomic mass is 10.2. The third-order valence-electron chi connectivity index (χ3n) is 5.30. The molecule has 0 fully saturated rings. The van der Waals surface area contributed by atoms with Gasteiger partial charge < -0.3 is 18.3 Å². The van der Waals surface area contributed by atoms with Crippen molar-refractivity contribution in [2.75, 3.05) is 18.6 Å². The highest BCUT2D eigenvalue weighted by Crippen LogP contribution is 2.38. The molecule has 3 heterocycles. The van der Waals surface area contributed by atoms with Crippen molar-refractivity contribution in [3.05, 3.63) is 71.9 Å². The molecule has 3 aromatic heterocycles. The summed E-state index contributed by atoms with van der Waals surface area (Å²) in [5.41, 5.74) is 2.32. The number of aryl methyl sites for hydroxylation is 1. The molecule has 0 saturated carbocycles. The molecule has 0 spiro atoms. The predicted octanol–water partition coefficient (Wildman–Crippen LogP) is 6.20. The van der Waals surface area contributed by atoms with Crippen LogP contribution in [0.2, 0.25) is 0 Å². The summed E-state index contributed by atoms with van der Waals surface area (Å²) in [7, 11) is 1.61. The van der Waals surface area contributed by atoms with Crippen LogP contribution in [-0.2, 0) is 6.54 Å². The number of ether oxygens (including phenoxy) is 2. The van der Waals surface area contributed by atoms with E-state index in [1.807, 2.05) is 50.2 Å². The summed E-state index contributed by atoms with van der Waals surface area (Å²) in [6.07, 6.45) is 1.58. The molecule has 8 heteroatoms. The van der Waals surface area contributed by atoms with Gasteiger partial charge in [0.15, 0.2) is 22.2 Å². The van der Waals surface area contributed by atoms with Gasteiger partial charge in [-0.15, -0.1) is 0 Å². The van der Waals surface area contributed by atoms with E-state index in [9.17, 15) is 4.79 Å². The molecule has 1 amide bonds. The zero-order valence-electron chi connectivity index (χ0n) is 18.5. The number of hydrogen-bond donors (Lipinski definition) is 0. The Morgan fingerprint density at radius 1 is 1.15 bits per heavy atom. The van der Waals surface area contributed by atoms with Crippen molar-refractivity contribution in [2.24, 2.45) is 0 Å². The maximum Gasteiger partial charge on any atom is 0.296 e. The van der Waals surface area contributed by atoms with Crippen molar-refractivity contribution in [3.8, 4) is 11.5 Å². The first-order chi connectivity index (χ1) is 16.1. The zero-order valence-corrected chi connectivity index (χ0v) is 19.3. The van der Waals surface area contributed by atoms with Crippen LogP contribution >= 0.6 is 11.3 Å². The number of nitrogens with zero attached hydrogens (tertiary/aromatic N) is 2. The van der Waals surface area contributed by atoms with Crippen molar-refractivity contribution in [1.82, 2.24) is 4.98 Å². The molecule has 2 aromatic carbocycles. The molecule has 7 nitrogen and oxygen atoms in total. The summed E-state index contributed by atoms with van der Waals surface area (Å²) >= 11 is 1.43. The van der Waals surface area contributed by atoms with Crippen molar-refractivity contribution >= 4 is 43.6 Å². The summed E-state index contributed by atoms with van der Waals surface area (Å²) in [5.74, 6) is 1.78. The van der Waals surface area contributed by atoms with Crippen LogP contribution in [0.4, 0.5) is 5.13 Å². The Balaban J connectivity index is 1.61. The minimum Gasteiger partial charge on any atom is -0.494 e. The topological polar surface area (TPSA) is 77.9 Å². The second-order valence-corrected chi connectivity index (χ2v) is 8.43. The predicted molar refractivity (Wildman–Crippen MR) is 128 cm³/mol. The lowest BCUT2D eigenvalue weighted by Gasteiger charge is -2.17. The number of carbonyl (C=O) groups excluding carboxylic acids is 1. The van der Waals surface area contributed by atoms with Crippen LogP contribution in [-0.4, -0.2) is 24.6 Å². The Bertz CT molecular complexity index is 1430. The fourth-order valence-electron chi connectivity index (χ4n) is 3.71. The average molecular weight is 463 g/mol. The van der Waals surface area contributed by atoms with Crippen LogP contribution in [0.5, 0.6) is 11.5 Å². The first-order valence-electron chi connectivity index (χ1n) is 10.5. The molecule has 5 rings (SSSR count). The maximum absolute atomic E-state index is 13.7. The number of aromatic nitrogens is 1. The lowest BCUT2D eigenvalue weighted by molar-refractivity contribution is 0.0958.